The molecule has 0 aromatic rings. The lowest BCUT2D eigenvalue weighted by atomic mass is 10.1. The highest BCUT2D eigenvalue weighted by molar-refractivity contribution is 8.14. The predicted molar refractivity (Wildman–Crippen MR) is 82.2 cm³/mol. The van der Waals surface area contributed by atoms with Crippen LogP contribution in [0.1, 0.15) is 58.8 Å². The minimum absolute atomic E-state index is 1.16. The Morgan fingerprint density at radius 3 is 2.50 bits per heavy atom. The highest BCUT2D eigenvalue weighted by atomic mass is 32.2. The lowest BCUT2D eigenvalue weighted by molar-refractivity contribution is 0.423. The summed E-state index contributed by atoms with van der Waals surface area (Å²) in [5.41, 5.74) is 3.06. The van der Waals surface area contributed by atoms with Crippen LogP contribution in [-0.4, -0.2) is 28.9 Å². The first-order valence-electron chi connectivity index (χ1n) is 7.52. The van der Waals surface area contributed by atoms with Gasteiger partial charge in [0.05, 0.1) is 0 Å². The number of hydrogen-bond acceptors (Lipinski definition) is 3. The van der Waals surface area contributed by atoms with Crippen molar-refractivity contribution in [1.82, 2.24) is 4.90 Å². The van der Waals surface area contributed by atoms with E-state index in [1.165, 1.54) is 61.6 Å². The third-order valence-corrected chi connectivity index (χ3v) is 4.76. The van der Waals surface area contributed by atoms with Gasteiger partial charge in [0.1, 0.15) is 0 Å². The number of hydrogen-bond donors (Lipinski definition) is 0. The van der Waals surface area contributed by atoms with Crippen molar-refractivity contribution in [3.63, 3.8) is 0 Å². The Hall–Kier alpha value is -0.440. The fourth-order valence-electron chi connectivity index (χ4n) is 2.72. The molecule has 0 saturated carbocycles. The molecule has 1 heterocycles. The minimum atomic E-state index is 1.16. The normalized spacial score (nSPS) is 20.2. The van der Waals surface area contributed by atoms with Crippen LogP contribution in [0.2, 0.25) is 0 Å². The molecule has 0 unspecified atom stereocenters. The molecule has 2 rings (SSSR count). The summed E-state index contributed by atoms with van der Waals surface area (Å²) in [6.07, 6.45) is 9.03. The molecular weight excluding hydrogens is 240 g/mol. The Labute approximate surface area is 116 Å². The lowest BCUT2D eigenvalue weighted by Gasteiger charge is -2.28. The minimum Gasteiger partial charge on any atom is -0.351 e. The molecule has 2 aliphatic rings. The van der Waals surface area contributed by atoms with Crippen LogP contribution in [-0.2, 0) is 0 Å². The molecule has 0 bridgehead atoms. The van der Waals surface area contributed by atoms with Crippen molar-refractivity contribution < 1.29 is 0 Å². The molecule has 0 N–H and O–H groups in total. The molecule has 0 aromatic carbocycles. The van der Waals surface area contributed by atoms with Gasteiger partial charge in [0.15, 0.2) is 5.17 Å². The second-order valence-electron chi connectivity index (χ2n) is 5.28. The standard InChI is InChI=1S/C15H26N2S/c1-3-10-17(11-4-2)15-16-14-9-7-5-6-8-13(14)12-18-15/h3-12H2,1-2H3. The van der Waals surface area contributed by atoms with Gasteiger partial charge in [-0.15, -0.1) is 0 Å². The molecule has 0 fully saturated rings. The molecule has 0 radical (unpaired) electrons. The van der Waals surface area contributed by atoms with Gasteiger partial charge < -0.3 is 4.90 Å². The SMILES string of the molecule is CCCN(CCC)C1=NC2=C(CCCCC2)CS1. The number of amidine groups is 1. The van der Waals surface area contributed by atoms with Crippen LogP contribution < -0.4 is 0 Å². The van der Waals surface area contributed by atoms with Crippen LogP contribution in [0.25, 0.3) is 0 Å². The fraction of sp³-hybridized carbons (Fsp3) is 0.800. The zero-order valence-corrected chi connectivity index (χ0v) is 12.7. The quantitative estimate of drug-likeness (QED) is 0.748. The summed E-state index contributed by atoms with van der Waals surface area (Å²) in [7, 11) is 0. The second-order valence-corrected chi connectivity index (χ2v) is 6.22. The summed E-state index contributed by atoms with van der Waals surface area (Å²) in [4.78, 5) is 7.47. The van der Waals surface area contributed by atoms with Crippen LogP contribution in [0, 0.1) is 0 Å². The van der Waals surface area contributed by atoms with Crippen LogP contribution in [0.15, 0.2) is 16.3 Å². The van der Waals surface area contributed by atoms with E-state index in [2.05, 4.69) is 18.7 Å². The number of aliphatic imine (C=N–C) groups is 1. The summed E-state index contributed by atoms with van der Waals surface area (Å²) >= 11 is 1.96. The predicted octanol–water partition coefficient (Wildman–Crippen LogP) is 4.43. The molecular formula is C15H26N2S. The first-order valence-corrected chi connectivity index (χ1v) is 8.51. The molecule has 0 saturated heterocycles. The lowest BCUT2D eigenvalue weighted by Crippen LogP contribution is -2.32. The summed E-state index contributed by atoms with van der Waals surface area (Å²) in [5, 5.41) is 1.29. The number of allylic oxidation sites excluding steroid dienone is 1. The van der Waals surface area contributed by atoms with Gasteiger partial charge in [0, 0.05) is 24.5 Å². The summed E-state index contributed by atoms with van der Waals surface area (Å²) in [6, 6.07) is 0. The Bertz CT molecular complexity index is 327. The monoisotopic (exact) mass is 266 g/mol. The highest BCUT2D eigenvalue weighted by Gasteiger charge is 2.20. The Morgan fingerprint density at radius 1 is 1.06 bits per heavy atom. The third-order valence-electron chi connectivity index (χ3n) is 3.66. The first kappa shape index (κ1) is 14.0. The highest BCUT2D eigenvalue weighted by Crippen LogP contribution is 2.32. The topological polar surface area (TPSA) is 15.6 Å². The van der Waals surface area contributed by atoms with E-state index < -0.39 is 0 Å². The summed E-state index contributed by atoms with van der Waals surface area (Å²) in [5.74, 6) is 1.19. The van der Waals surface area contributed by atoms with Gasteiger partial charge in [0.2, 0.25) is 0 Å². The van der Waals surface area contributed by atoms with E-state index >= 15 is 0 Å². The Kier molecular flexibility index (Phi) is 5.61. The molecule has 18 heavy (non-hydrogen) atoms. The number of rotatable bonds is 4. The molecule has 102 valence electrons. The van der Waals surface area contributed by atoms with Crippen molar-refractivity contribution in [3.8, 4) is 0 Å². The van der Waals surface area contributed by atoms with E-state index in [4.69, 9.17) is 4.99 Å². The van der Waals surface area contributed by atoms with Crippen LogP contribution in [0.5, 0.6) is 0 Å². The molecule has 2 nitrogen and oxygen atoms in total. The van der Waals surface area contributed by atoms with Gasteiger partial charge in [0.25, 0.3) is 0 Å². The van der Waals surface area contributed by atoms with E-state index in [9.17, 15) is 0 Å². The summed E-state index contributed by atoms with van der Waals surface area (Å²) < 4.78 is 0. The average molecular weight is 266 g/mol. The number of nitrogens with zero attached hydrogens (tertiary/aromatic N) is 2. The van der Waals surface area contributed by atoms with Gasteiger partial charge in [-0.1, -0.05) is 32.0 Å². The van der Waals surface area contributed by atoms with E-state index in [-0.39, 0.29) is 0 Å². The molecule has 0 atom stereocenters. The van der Waals surface area contributed by atoms with Gasteiger partial charge in [-0.2, -0.15) is 0 Å². The second kappa shape index (κ2) is 7.22. The van der Waals surface area contributed by atoms with Crippen molar-refractivity contribution in [2.45, 2.75) is 58.8 Å². The third kappa shape index (κ3) is 3.53. The zero-order chi connectivity index (χ0) is 12.8. The van der Waals surface area contributed by atoms with Crippen LogP contribution in [0.4, 0.5) is 0 Å². The average Bonchev–Trinajstić information content (AvgIpc) is 2.62. The molecule has 0 aromatic heterocycles. The Morgan fingerprint density at radius 2 is 1.78 bits per heavy atom. The largest absolute Gasteiger partial charge is 0.351 e. The van der Waals surface area contributed by atoms with E-state index in [0.717, 1.165) is 13.1 Å². The van der Waals surface area contributed by atoms with Crippen LogP contribution >= 0.6 is 11.8 Å². The van der Waals surface area contributed by atoms with Crippen molar-refractivity contribution in [2.75, 3.05) is 18.8 Å². The molecule has 0 amide bonds. The smallest absolute Gasteiger partial charge is 0.164 e. The number of thioether (sulfide) groups is 1. The fourth-order valence-corrected chi connectivity index (χ4v) is 3.88. The Balaban J connectivity index is 2.10. The van der Waals surface area contributed by atoms with Gasteiger partial charge in [-0.3, -0.25) is 0 Å². The maximum Gasteiger partial charge on any atom is 0.164 e. The van der Waals surface area contributed by atoms with Crippen molar-refractivity contribution in [3.05, 3.63) is 11.3 Å². The zero-order valence-electron chi connectivity index (χ0n) is 11.9. The van der Waals surface area contributed by atoms with E-state index in [0.29, 0.717) is 0 Å². The molecule has 1 aliphatic heterocycles. The summed E-state index contributed by atoms with van der Waals surface area (Å²) in [6.45, 7) is 6.82. The van der Waals surface area contributed by atoms with Crippen molar-refractivity contribution in [1.29, 1.82) is 0 Å². The van der Waals surface area contributed by atoms with E-state index in [1.807, 2.05) is 11.8 Å². The van der Waals surface area contributed by atoms with Gasteiger partial charge in [-0.25, -0.2) is 4.99 Å². The van der Waals surface area contributed by atoms with Crippen LogP contribution in [0.3, 0.4) is 0 Å². The van der Waals surface area contributed by atoms with Crippen molar-refractivity contribution in [2.24, 2.45) is 4.99 Å². The maximum atomic E-state index is 4.99. The van der Waals surface area contributed by atoms with Crippen molar-refractivity contribution >= 4 is 16.9 Å². The molecule has 3 heteroatoms. The van der Waals surface area contributed by atoms with E-state index in [1.54, 1.807) is 5.57 Å². The molecule has 1 aliphatic carbocycles. The first-order chi connectivity index (χ1) is 8.85. The maximum absolute atomic E-state index is 4.99. The van der Waals surface area contributed by atoms with Gasteiger partial charge in [-0.05, 0) is 44.1 Å². The van der Waals surface area contributed by atoms with Gasteiger partial charge >= 0.3 is 0 Å². The molecule has 0 spiro atoms.